The predicted octanol–water partition coefficient (Wildman–Crippen LogP) is -0.330. The van der Waals surface area contributed by atoms with E-state index >= 15 is 0 Å². The Bertz CT molecular complexity index is 1100. The van der Waals surface area contributed by atoms with Crippen LogP contribution in [0.25, 0.3) is 0 Å². The van der Waals surface area contributed by atoms with Crippen molar-refractivity contribution in [3.8, 4) is 11.5 Å². The van der Waals surface area contributed by atoms with Gasteiger partial charge in [0.2, 0.25) is 6.10 Å². The monoisotopic (exact) mass is 454 g/mol. The minimum Gasteiger partial charge on any atom is -0.487 e. The summed E-state index contributed by atoms with van der Waals surface area (Å²) in [4.78, 5) is 12.0. The average molecular weight is 455 g/mol. The number of aliphatic carboxylic acids is 1. The molecule has 0 bridgehead atoms. The molecule has 0 spiro atoms. The van der Waals surface area contributed by atoms with Crippen LogP contribution in [0.4, 0.5) is 0 Å². The van der Waals surface area contributed by atoms with Gasteiger partial charge in [-0.3, -0.25) is 32.1 Å². The summed E-state index contributed by atoms with van der Waals surface area (Å²) in [5.74, 6) is 0.600. The van der Waals surface area contributed by atoms with Gasteiger partial charge in [-0.25, -0.2) is 4.79 Å². The maximum absolute atomic E-state index is 12.0. The van der Waals surface area contributed by atoms with E-state index in [1.165, 1.54) is 5.56 Å². The molecule has 1 fully saturated rings. The van der Waals surface area contributed by atoms with Crippen LogP contribution in [0.2, 0.25) is 0 Å². The van der Waals surface area contributed by atoms with Gasteiger partial charge in [-0.2, -0.15) is 0 Å². The fraction of sp³-hybridized carbons (Fsp3) is 0.348. The normalized spacial score (nSPS) is 18.4. The first-order valence-electron chi connectivity index (χ1n) is 10.8. The molecule has 0 amide bonds. The average Bonchev–Trinajstić information content (AvgIpc) is 3.26. The predicted molar refractivity (Wildman–Crippen MR) is 122 cm³/mol. The number of guanidine groups is 2. The number of ether oxygens (including phenoxy) is 2. The second kappa shape index (κ2) is 9.27. The van der Waals surface area contributed by atoms with Crippen LogP contribution in [0, 0.1) is 0 Å². The smallest absolute Gasteiger partial charge is 0.349 e. The standard InChI is InChI=1S/C23H28N6O4/c24-22(25)28-9-7-14-1-6-18(11-16(14)12-28)33-20(21(30)31)15-2-4-17(5-3-15)32-19-8-10-29(13-19)23(26)27/h1-6,11,19-20H,7-10,12-13H2,(H7,24,25,26,27,30,31)/p+2/t19-,20?/m0/s1. The molecule has 2 atom stereocenters. The van der Waals surface area contributed by atoms with Crippen LogP contribution in [0.1, 0.15) is 29.2 Å². The van der Waals surface area contributed by atoms with Gasteiger partial charge in [0.15, 0.2) is 0 Å². The molecule has 2 aliphatic heterocycles. The Morgan fingerprint density at radius 3 is 2.27 bits per heavy atom. The molecule has 0 radical (unpaired) electrons. The first-order valence-corrected chi connectivity index (χ1v) is 10.8. The highest BCUT2D eigenvalue weighted by Crippen LogP contribution is 2.28. The molecule has 33 heavy (non-hydrogen) atoms. The molecule has 1 unspecified atom stereocenters. The Labute approximate surface area is 191 Å². The number of fused-ring (bicyclic) bond motifs is 1. The van der Waals surface area contributed by atoms with Gasteiger partial charge >= 0.3 is 17.9 Å². The van der Waals surface area contributed by atoms with Crippen LogP contribution < -0.4 is 32.4 Å². The fourth-order valence-corrected chi connectivity index (χ4v) is 4.20. The number of nitrogens with zero attached hydrogens (tertiary/aromatic N) is 2. The third-order valence-electron chi connectivity index (χ3n) is 6.03. The SMILES string of the molecule is NC(N)=[N+]1CCc2ccc(OC(C(=O)O)c3ccc(O[C@H]4CC[N+](=C(N)N)C4)cc3)cc2C1. The van der Waals surface area contributed by atoms with E-state index in [2.05, 4.69) is 0 Å². The molecule has 2 aliphatic rings. The lowest BCUT2D eigenvalue weighted by atomic mass is 10.0. The summed E-state index contributed by atoms with van der Waals surface area (Å²) in [6, 6.07) is 12.5. The highest BCUT2D eigenvalue weighted by Gasteiger charge is 2.26. The third-order valence-corrected chi connectivity index (χ3v) is 6.03. The van der Waals surface area contributed by atoms with Gasteiger partial charge in [-0.05, 0) is 35.4 Å². The summed E-state index contributed by atoms with van der Waals surface area (Å²) >= 11 is 0. The zero-order valence-electron chi connectivity index (χ0n) is 18.3. The van der Waals surface area contributed by atoms with E-state index in [1.807, 2.05) is 21.3 Å². The topological polar surface area (TPSA) is 166 Å². The Hall–Kier alpha value is -3.95. The Morgan fingerprint density at radius 2 is 1.64 bits per heavy atom. The minimum absolute atomic E-state index is 0.0284. The van der Waals surface area contributed by atoms with E-state index < -0.39 is 12.1 Å². The molecule has 2 heterocycles. The zero-order chi connectivity index (χ0) is 23.5. The van der Waals surface area contributed by atoms with Crippen molar-refractivity contribution in [1.82, 2.24) is 0 Å². The first kappa shape index (κ1) is 22.3. The number of rotatable bonds is 6. The molecular weight excluding hydrogens is 424 g/mol. The lowest BCUT2D eigenvalue weighted by molar-refractivity contribution is -0.549. The van der Waals surface area contributed by atoms with Crippen molar-refractivity contribution in [2.75, 3.05) is 19.6 Å². The largest absolute Gasteiger partial charge is 0.487 e. The summed E-state index contributed by atoms with van der Waals surface area (Å²) in [5, 5.41) is 9.79. The molecule has 4 rings (SSSR count). The quantitative estimate of drug-likeness (QED) is 0.292. The van der Waals surface area contributed by atoms with Crippen molar-refractivity contribution >= 4 is 17.9 Å². The Morgan fingerprint density at radius 1 is 0.939 bits per heavy atom. The third kappa shape index (κ3) is 5.11. The molecule has 9 N–H and O–H groups in total. The van der Waals surface area contributed by atoms with Crippen LogP contribution in [0.3, 0.4) is 0 Å². The second-order valence-corrected chi connectivity index (χ2v) is 8.33. The minimum atomic E-state index is -1.16. The maximum atomic E-state index is 12.0. The molecule has 10 heteroatoms. The van der Waals surface area contributed by atoms with Crippen LogP contribution in [-0.4, -0.2) is 57.9 Å². The van der Waals surface area contributed by atoms with E-state index in [9.17, 15) is 9.90 Å². The summed E-state index contributed by atoms with van der Waals surface area (Å²) in [6.45, 7) is 2.67. The van der Waals surface area contributed by atoms with E-state index in [0.29, 0.717) is 30.2 Å². The van der Waals surface area contributed by atoms with Crippen LogP contribution in [0.5, 0.6) is 11.5 Å². The highest BCUT2D eigenvalue weighted by molar-refractivity contribution is 5.75. The van der Waals surface area contributed by atoms with Crippen LogP contribution in [0.15, 0.2) is 42.5 Å². The molecule has 2 aromatic rings. The van der Waals surface area contributed by atoms with Gasteiger partial charge in [0, 0.05) is 18.4 Å². The van der Waals surface area contributed by atoms with Crippen molar-refractivity contribution in [2.24, 2.45) is 22.9 Å². The molecule has 0 aromatic heterocycles. The molecule has 2 aromatic carbocycles. The first-order chi connectivity index (χ1) is 15.8. The second-order valence-electron chi connectivity index (χ2n) is 8.33. The molecule has 0 aliphatic carbocycles. The highest BCUT2D eigenvalue weighted by atomic mass is 16.5. The Kier molecular flexibility index (Phi) is 6.25. The van der Waals surface area contributed by atoms with Gasteiger partial charge in [0.05, 0.1) is 19.6 Å². The molecule has 174 valence electrons. The van der Waals surface area contributed by atoms with Gasteiger partial charge in [0.1, 0.15) is 24.1 Å². The Balaban J connectivity index is 1.46. The van der Waals surface area contributed by atoms with Crippen molar-refractivity contribution < 1.29 is 28.5 Å². The summed E-state index contributed by atoms with van der Waals surface area (Å²) in [6.07, 6.45) is 0.436. The number of hydrogen-bond acceptors (Lipinski definition) is 3. The van der Waals surface area contributed by atoms with E-state index in [4.69, 9.17) is 32.4 Å². The molecular formula is C23H30N6O4+2. The van der Waals surface area contributed by atoms with Crippen molar-refractivity contribution in [1.29, 1.82) is 0 Å². The number of carboxylic acid groups (broad SMARTS) is 1. The summed E-state index contributed by atoms with van der Waals surface area (Å²) < 4.78 is 15.6. The summed E-state index contributed by atoms with van der Waals surface area (Å²) in [7, 11) is 0. The number of carboxylic acids is 1. The van der Waals surface area contributed by atoms with E-state index in [0.717, 1.165) is 31.5 Å². The van der Waals surface area contributed by atoms with Gasteiger partial charge in [-0.1, -0.05) is 18.2 Å². The molecule has 1 saturated heterocycles. The van der Waals surface area contributed by atoms with E-state index in [1.54, 1.807) is 30.3 Å². The van der Waals surface area contributed by atoms with Gasteiger partial charge in [0.25, 0.3) is 0 Å². The lowest BCUT2D eigenvalue weighted by Crippen LogP contribution is -2.38. The van der Waals surface area contributed by atoms with E-state index in [-0.39, 0.29) is 18.0 Å². The van der Waals surface area contributed by atoms with Crippen molar-refractivity contribution in [2.45, 2.75) is 31.6 Å². The maximum Gasteiger partial charge on any atom is 0.349 e. The number of carbonyl (C=O) groups is 1. The van der Waals surface area contributed by atoms with Crippen LogP contribution >= 0.6 is 0 Å². The number of benzene rings is 2. The van der Waals surface area contributed by atoms with Crippen molar-refractivity contribution in [3.63, 3.8) is 0 Å². The molecule has 0 saturated carbocycles. The summed E-state index contributed by atoms with van der Waals surface area (Å²) in [5.41, 5.74) is 25.4. The fourth-order valence-electron chi connectivity index (χ4n) is 4.20. The lowest BCUT2D eigenvalue weighted by Gasteiger charge is -2.21. The number of hydrogen-bond donors (Lipinski definition) is 5. The number of nitrogens with two attached hydrogens (primary N) is 4. The van der Waals surface area contributed by atoms with Crippen molar-refractivity contribution in [3.05, 3.63) is 59.2 Å². The van der Waals surface area contributed by atoms with Gasteiger partial charge < -0.3 is 14.6 Å². The zero-order valence-corrected chi connectivity index (χ0v) is 18.3. The molecule has 10 nitrogen and oxygen atoms in total. The van der Waals surface area contributed by atoms with Crippen LogP contribution in [-0.2, 0) is 17.8 Å². The van der Waals surface area contributed by atoms with Gasteiger partial charge in [-0.15, -0.1) is 0 Å².